The Morgan fingerprint density at radius 2 is 1.97 bits per heavy atom. The number of hydrogen-bond acceptors (Lipinski definition) is 5. The first-order valence-electron chi connectivity index (χ1n) is 9.56. The van der Waals surface area contributed by atoms with E-state index < -0.39 is 5.97 Å². The van der Waals surface area contributed by atoms with Gasteiger partial charge < -0.3 is 19.8 Å². The van der Waals surface area contributed by atoms with Crippen LogP contribution in [0, 0.1) is 13.8 Å². The minimum absolute atomic E-state index is 0.0759. The molecule has 0 spiro atoms. The van der Waals surface area contributed by atoms with Gasteiger partial charge in [0, 0.05) is 30.4 Å². The fourth-order valence-electron chi connectivity index (χ4n) is 3.73. The summed E-state index contributed by atoms with van der Waals surface area (Å²) in [5.74, 6) is -0.733. The van der Waals surface area contributed by atoms with Crippen LogP contribution in [0.4, 0.5) is 0 Å². The maximum atomic E-state index is 12.9. The van der Waals surface area contributed by atoms with Gasteiger partial charge in [-0.15, -0.1) is 0 Å². The van der Waals surface area contributed by atoms with E-state index in [4.69, 9.17) is 21.1 Å². The molecule has 2 N–H and O–H groups in total. The van der Waals surface area contributed by atoms with E-state index in [1.165, 1.54) is 7.11 Å². The summed E-state index contributed by atoms with van der Waals surface area (Å²) in [6.45, 7) is 6.68. The van der Waals surface area contributed by atoms with Crippen molar-refractivity contribution < 1.29 is 19.1 Å². The molecule has 156 valence electrons. The number of morpholine rings is 1. The number of methoxy groups -OCH3 is 1. The Morgan fingerprint density at radius 3 is 2.62 bits per heavy atom. The largest absolute Gasteiger partial charge is 0.465 e. The lowest BCUT2D eigenvalue weighted by Gasteiger charge is -2.35. The molecule has 1 unspecified atom stereocenters. The molecule has 1 atom stereocenters. The summed E-state index contributed by atoms with van der Waals surface area (Å²) < 4.78 is 10.3. The minimum atomic E-state index is -0.461. The average molecular weight is 420 g/mol. The third-order valence-electron chi connectivity index (χ3n) is 5.26. The van der Waals surface area contributed by atoms with E-state index in [9.17, 15) is 9.59 Å². The van der Waals surface area contributed by atoms with Gasteiger partial charge in [-0.25, -0.2) is 4.79 Å². The number of benzene rings is 1. The van der Waals surface area contributed by atoms with Crippen molar-refractivity contribution in [1.29, 1.82) is 0 Å². The Balaban J connectivity index is 1.80. The van der Waals surface area contributed by atoms with E-state index >= 15 is 0 Å². The predicted octanol–water partition coefficient (Wildman–Crippen LogP) is 2.87. The van der Waals surface area contributed by atoms with Crippen molar-refractivity contribution in [2.24, 2.45) is 0 Å². The third-order valence-corrected chi connectivity index (χ3v) is 5.60. The number of nitrogens with one attached hydrogen (secondary N) is 2. The molecule has 0 bridgehead atoms. The molecule has 8 heteroatoms. The second-order valence-corrected chi connectivity index (χ2v) is 7.42. The first-order chi connectivity index (χ1) is 13.9. The topological polar surface area (TPSA) is 83.7 Å². The van der Waals surface area contributed by atoms with Crippen LogP contribution in [0.2, 0.25) is 5.02 Å². The van der Waals surface area contributed by atoms with Gasteiger partial charge in [0.25, 0.3) is 5.91 Å². The second kappa shape index (κ2) is 9.43. The summed E-state index contributed by atoms with van der Waals surface area (Å²) in [6, 6.07) is 7.59. The summed E-state index contributed by atoms with van der Waals surface area (Å²) in [5.41, 5.74) is 2.91. The molecule has 1 aliphatic heterocycles. The van der Waals surface area contributed by atoms with Crippen molar-refractivity contribution >= 4 is 23.5 Å². The number of aryl methyl sites for hydroxylation is 1. The molecule has 2 heterocycles. The molecule has 0 radical (unpaired) electrons. The fraction of sp³-hybridized carbons (Fsp3) is 0.429. The van der Waals surface area contributed by atoms with Gasteiger partial charge in [0.2, 0.25) is 0 Å². The Kier molecular flexibility index (Phi) is 6.95. The van der Waals surface area contributed by atoms with E-state index in [0.29, 0.717) is 47.3 Å². The van der Waals surface area contributed by atoms with Gasteiger partial charge in [0.1, 0.15) is 5.69 Å². The number of aromatic amines is 1. The van der Waals surface area contributed by atoms with Gasteiger partial charge in [-0.05, 0) is 31.0 Å². The highest BCUT2D eigenvalue weighted by Gasteiger charge is 2.27. The summed E-state index contributed by atoms with van der Waals surface area (Å²) in [7, 11) is 1.32. The molecule has 0 saturated carbocycles. The Labute approximate surface area is 175 Å². The van der Waals surface area contributed by atoms with Crippen molar-refractivity contribution in [3.05, 3.63) is 57.4 Å². The number of carbonyl (C=O) groups is 2. The predicted molar refractivity (Wildman–Crippen MR) is 111 cm³/mol. The van der Waals surface area contributed by atoms with Crippen molar-refractivity contribution in [2.75, 3.05) is 40.0 Å². The van der Waals surface area contributed by atoms with Crippen LogP contribution in [0.1, 0.15) is 43.7 Å². The fourth-order valence-corrected chi connectivity index (χ4v) is 3.99. The van der Waals surface area contributed by atoms with Crippen molar-refractivity contribution in [1.82, 2.24) is 15.2 Å². The Hall–Kier alpha value is -2.35. The van der Waals surface area contributed by atoms with Crippen LogP contribution in [0.15, 0.2) is 24.3 Å². The van der Waals surface area contributed by atoms with E-state index in [-0.39, 0.29) is 11.9 Å². The standard InChI is InChI=1S/C21H26ClN3O4/c1-13-18(21(27)28-3)14(2)24-19(13)20(26)23-12-17(25-8-10-29-11-9-25)15-6-4-5-7-16(15)22/h4-7,17,24H,8-12H2,1-3H3,(H,23,26). The summed E-state index contributed by atoms with van der Waals surface area (Å²) >= 11 is 6.44. The molecule has 7 nitrogen and oxygen atoms in total. The van der Waals surface area contributed by atoms with Crippen LogP contribution in [-0.2, 0) is 9.47 Å². The first-order valence-corrected chi connectivity index (χ1v) is 9.93. The van der Waals surface area contributed by atoms with Crippen LogP contribution in [-0.4, -0.2) is 61.7 Å². The highest BCUT2D eigenvalue weighted by Crippen LogP contribution is 2.28. The van der Waals surface area contributed by atoms with Gasteiger partial charge in [0.05, 0.1) is 31.9 Å². The number of esters is 1. The number of amides is 1. The maximum Gasteiger partial charge on any atom is 0.339 e. The quantitative estimate of drug-likeness (QED) is 0.703. The van der Waals surface area contributed by atoms with Crippen molar-refractivity contribution in [3.63, 3.8) is 0 Å². The first kappa shape index (κ1) is 21.4. The molecule has 1 fully saturated rings. The lowest BCUT2D eigenvalue weighted by molar-refractivity contribution is 0.0162. The van der Waals surface area contributed by atoms with Gasteiger partial charge in [-0.3, -0.25) is 9.69 Å². The van der Waals surface area contributed by atoms with E-state index in [1.807, 2.05) is 24.3 Å². The minimum Gasteiger partial charge on any atom is -0.465 e. The molecule has 1 aromatic carbocycles. The second-order valence-electron chi connectivity index (χ2n) is 7.01. The molecule has 1 amide bonds. The van der Waals surface area contributed by atoms with Crippen LogP contribution >= 0.6 is 11.6 Å². The zero-order chi connectivity index (χ0) is 21.0. The lowest BCUT2D eigenvalue weighted by atomic mass is 10.0. The smallest absolute Gasteiger partial charge is 0.339 e. The number of aromatic nitrogens is 1. The van der Waals surface area contributed by atoms with Gasteiger partial charge in [0.15, 0.2) is 0 Å². The number of H-pyrrole nitrogens is 1. The number of rotatable bonds is 6. The van der Waals surface area contributed by atoms with Gasteiger partial charge in [-0.2, -0.15) is 0 Å². The Morgan fingerprint density at radius 1 is 1.28 bits per heavy atom. The van der Waals surface area contributed by atoms with Gasteiger partial charge in [-0.1, -0.05) is 29.8 Å². The third kappa shape index (κ3) is 4.63. The molecular formula is C21H26ClN3O4. The van der Waals surface area contributed by atoms with Crippen molar-refractivity contribution in [3.8, 4) is 0 Å². The number of halogens is 1. The average Bonchev–Trinajstić information content (AvgIpc) is 3.03. The monoisotopic (exact) mass is 419 g/mol. The zero-order valence-corrected chi connectivity index (χ0v) is 17.6. The number of carbonyl (C=O) groups excluding carboxylic acids is 2. The van der Waals surface area contributed by atoms with Crippen LogP contribution in [0.25, 0.3) is 0 Å². The van der Waals surface area contributed by atoms with E-state index in [2.05, 4.69) is 15.2 Å². The lowest BCUT2D eigenvalue weighted by Crippen LogP contribution is -2.44. The number of nitrogens with zero attached hydrogens (tertiary/aromatic N) is 1. The summed E-state index contributed by atoms with van der Waals surface area (Å²) in [5, 5.41) is 3.66. The van der Waals surface area contributed by atoms with Crippen LogP contribution in [0.3, 0.4) is 0 Å². The van der Waals surface area contributed by atoms with E-state index in [0.717, 1.165) is 18.7 Å². The van der Waals surface area contributed by atoms with Crippen molar-refractivity contribution in [2.45, 2.75) is 19.9 Å². The number of ether oxygens (including phenoxy) is 2. The normalized spacial score (nSPS) is 15.7. The summed E-state index contributed by atoms with van der Waals surface area (Å²) in [4.78, 5) is 30.1. The SMILES string of the molecule is COC(=O)c1c(C)[nH]c(C(=O)NCC(c2ccccc2Cl)N2CCOCC2)c1C. The maximum absolute atomic E-state index is 12.9. The highest BCUT2D eigenvalue weighted by atomic mass is 35.5. The zero-order valence-electron chi connectivity index (χ0n) is 16.9. The molecule has 0 aliphatic carbocycles. The van der Waals surface area contributed by atoms with E-state index in [1.54, 1.807) is 13.8 Å². The molecule has 3 rings (SSSR count). The summed E-state index contributed by atoms with van der Waals surface area (Å²) in [6.07, 6.45) is 0. The molecule has 1 aliphatic rings. The van der Waals surface area contributed by atoms with Crippen LogP contribution in [0.5, 0.6) is 0 Å². The number of hydrogen-bond donors (Lipinski definition) is 2. The molecule has 29 heavy (non-hydrogen) atoms. The highest BCUT2D eigenvalue weighted by molar-refractivity contribution is 6.31. The molecule has 1 saturated heterocycles. The molecular weight excluding hydrogens is 394 g/mol. The Bertz CT molecular complexity index is 890. The molecule has 1 aromatic heterocycles. The molecule has 2 aromatic rings. The van der Waals surface area contributed by atoms with Gasteiger partial charge >= 0.3 is 5.97 Å². The van der Waals surface area contributed by atoms with Crippen LogP contribution < -0.4 is 5.32 Å².